The van der Waals surface area contributed by atoms with Gasteiger partial charge in [-0.1, -0.05) is 34.1 Å². The number of likely N-dealkylation sites (tertiary alicyclic amines) is 1. The molecule has 2 heteroatoms. The summed E-state index contributed by atoms with van der Waals surface area (Å²) in [5, 5.41) is 3.55. The van der Waals surface area contributed by atoms with Crippen LogP contribution in [0.2, 0.25) is 0 Å². The Morgan fingerprint density at radius 1 is 1.16 bits per heavy atom. The van der Waals surface area contributed by atoms with Crippen molar-refractivity contribution in [3.05, 3.63) is 0 Å². The summed E-state index contributed by atoms with van der Waals surface area (Å²) in [4.78, 5) is 2.71. The van der Waals surface area contributed by atoms with Crippen molar-refractivity contribution < 1.29 is 0 Å². The van der Waals surface area contributed by atoms with Crippen LogP contribution in [0.15, 0.2) is 0 Å². The van der Waals surface area contributed by atoms with Crippen LogP contribution in [0.3, 0.4) is 0 Å². The van der Waals surface area contributed by atoms with Crippen molar-refractivity contribution in [1.82, 2.24) is 10.2 Å². The zero-order valence-corrected chi connectivity index (χ0v) is 14.0. The Balaban J connectivity index is 2.12. The van der Waals surface area contributed by atoms with E-state index in [2.05, 4.69) is 44.8 Å². The fourth-order valence-corrected chi connectivity index (χ4v) is 2.95. The Bertz CT molecular complexity index is 229. The minimum absolute atomic E-state index is 0.620. The largest absolute Gasteiger partial charge is 0.316 e. The summed E-state index contributed by atoms with van der Waals surface area (Å²) >= 11 is 0. The number of nitrogens with one attached hydrogen (secondary N) is 1. The molecule has 0 saturated carbocycles. The number of nitrogens with zero attached hydrogens (tertiary/aromatic N) is 1. The second-order valence-electron chi connectivity index (χ2n) is 7.29. The molecule has 1 atom stereocenters. The second kappa shape index (κ2) is 8.26. The van der Waals surface area contributed by atoms with Crippen molar-refractivity contribution in [2.24, 2.45) is 11.3 Å². The average Bonchev–Trinajstić information content (AvgIpc) is 2.38. The van der Waals surface area contributed by atoms with Crippen LogP contribution in [-0.4, -0.2) is 37.1 Å². The standard InChI is InChI=1S/C17H36N2/c1-6-17(5)9-12-19(13-10-17)16(4)8-7-11-18-14-15(2)3/h15-16,18H,6-14H2,1-5H3. The van der Waals surface area contributed by atoms with E-state index in [9.17, 15) is 0 Å². The molecule has 0 radical (unpaired) electrons. The quantitative estimate of drug-likeness (QED) is 0.671. The summed E-state index contributed by atoms with van der Waals surface area (Å²) in [6.45, 7) is 16.7. The van der Waals surface area contributed by atoms with Crippen molar-refractivity contribution in [3.63, 3.8) is 0 Å². The third kappa shape index (κ3) is 6.27. The van der Waals surface area contributed by atoms with Crippen LogP contribution in [-0.2, 0) is 0 Å². The topological polar surface area (TPSA) is 15.3 Å². The highest BCUT2D eigenvalue weighted by Gasteiger charge is 2.29. The number of hydrogen-bond acceptors (Lipinski definition) is 2. The highest BCUT2D eigenvalue weighted by molar-refractivity contribution is 4.83. The van der Waals surface area contributed by atoms with Gasteiger partial charge >= 0.3 is 0 Å². The van der Waals surface area contributed by atoms with E-state index in [1.807, 2.05) is 0 Å². The first-order valence-corrected chi connectivity index (χ1v) is 8.41. The first kappa shape index (κ1) is 17.0. The molecule has 1 aliphatic heterocycles. The Labute approximate surface area is 121 Å². The van der Waals surface area contributed by atoms with E-state index in [-0.39, 0.29) is 0 Å². The van der Waals surface area contributed by atoms with Crippen LogP contribution in [0, 0.1) is 11.3 Å². The number of rotatable bonds is 8. The van der Waals surface area contributed by atoms with Crippen molar-refractivity contribution in [1.29, 1.82) is 0 Å². The molecular weight excluding hydrogens is 232 g/mol. The average molecular weight is 268 g/mol. The maximum atomic E-state index is 3.55. The van der Waals surface area contributed by atoms with Crippen LogP contribution in [0.1, 0.15) is 66.7 Å². The molecule has 0 aliphatic carbocycles. The Morgan fingerprint density at radius 3 is 2.32 bits per heavy atom. The van der Waals surface area contributed by atoms with Gasteiger partial charge in [-0.3, -0.25) is 0 Å². The predicted molar refractivity (Wildman–Crippen MR) is 85.6 cm³/mol. The third-order valence-electron chi connectivity index (χ3n) is 5.01. The molecule has 1 rings (SSSR count). The first-order chi connectivity index (χ1) is 8.97. The fourth-order valence-electron chi connectivity index (χ4n) is 2.95. The molecule has 19 heavy (non-hydrogen) atoms. The van der Waals surface area contributed by atoms with Gasteiger partial charge in [0.1, 0.15) is 0 Å². The van der Waals surface area contributed by atoms with E-state index in [4.69, 9.17) is 0 Å². The molecule has 1 fully saturated rings. The Hall–Kier alpha value is -0.0800. The van der Waals surface area contributed by atoms with Crippen molar-refractivity contribution >= 4 is 0 Å². The first-order valence-electron chi connectivity index (χ1n) is 8.41. The molecular formula is C17H36N2. The van der Waals surface area contributed by atoms with Gasteiger partial charge in [-0.25, -0.2) is 0 Å². The van der Waals surface area contributed by atoms with E-state index in [1.165, 1.54) is 51.7 Å². The zero-order valence-electron chi connectivity index (χ0n) is 14.0. The van der Waals surface area contributed by atoms with E-state index in [1.54, 1.807) is 0 Å². The van der Waals surface area contributed by atoms with Gasteiger partial charge in [0.05, 0.1) is 0 Å². The van der Waals surface area contributed by atoms with Gasteiger partial charge in [0.25, 0.3) is 0 Å². The molecule has 1 heterocycles. The second-order valence-corrected chi connectivity index (χ2v) is 7.29. The molecule has 0 aromatic rings. The van der Waals surface area contributed by atoms with E-state index < -0.39 is 0 Å². The molecule has 1 N–H and O–H groups in total. The number of piperidine rings is 1. The highest BCUT2D eigenvalue weighted by atomic mass is 15.2. The maximum Gasteiger partial charge on any atom is 0.00674 e. The zero-order chi connectivity index (χ0) is 14.3. The minimum atomic E-state index is 0.620. The van der Waals surface area contributed by atoms with Gasteiger partial charge in [0, 0.05) is 6.04 Å². The summed E-state index contributed by atoms with van der Waals surface area (Å²) in [6.07, 6.45) is 6.77. The van der Waals surface area contributed by atoms with Crippen molar-refractivity contribution in [2.45, 2.75) is 72.8 Å². The minimum Gasteiger partial charge on any atom is -0.316 e. The van der Waals surface area contributed by atoms with Gasteiger partial charge in [-0.15, -0.1) is 0 Å². The lowest BCUT2D eigenvalue weighted by Gasteiger charge is -2.41. The van der Waals surface area contributed by atoms with Crippen molar-refractivity contribution in [2.75, 3.05) is 26.2 Å². The predicted octanol–water partition coefficient (Wildman–Crippen LogP) is 3.91. The van der Waals surface area contributed by atoms with Crippen LogP contribution in [0.4, 0.5) is 0 Å². The summed E-state index contributed by atoms with van der Waals surface area (Å²) in [7, 11) is 0. The summed E-state index contributed by atoms with van der Waals surface area (Å²) in [6, 6.07) is 0.766. The van der Waals surface area contributed by atoms with Gasteiger partial charge in [-0.05, 0) is 70.1 Å². The lowest BCUT2D eigenvalue weighted by atomic mass is 9.78. The summed E-state index contributed by atoms with van der Waals surface area (Å²) in [5.74, 6) is 0.770. The van der Waals surface area contributed by atoms with Gasteiger partial charge in [0.15, 0.2) is 0 Å². The summed E-state index contributed by atoms with van der Waals surface area (Å²) < 4.78 is 0. The Morgan fingerprint density at radius 2 is 1.79 bits per heavy atom. The molecule has 1 aliphatic rings. The van der Waals surface area contributed by atoms with Crippen LogP contribution in [0.25, 0.3) is 0 Å². The fraction of sp³-hybridized carbons (Fsp3) is 1.00. The van der Waals surface area contributed by atoms with Gasteiger partial charge in [-0.2, -0.15) is 0 Å². The Kier molecular flexibility index (Phi) is 7.38. The van der Waals surface area contributed by atoms with E-state index in [0.29, 0.717) is 5.41 Å². The molecule has 114 valence electrons. The molecule has 0 spiro atoms. The van der Waals surface area contributed by atoms with E-state index >= 15 is 0 Å². The van der Waals surface area contributed by atoms with Crippen LogP contribution < -0.4 is 5.32 Å². The maximum absolute atomic E-state index is 3.55. The van der Waals surface area contributed by atoms with Crippen molar-refractivity contribution in [3.8, 4) is 0 Å². The van der Waals surface area contributed by atoms with Crippen LogP contribution >= 0.6 is 0 Å². The molecule has 1 saturated heterocycles. The molecule has 2 nitrogen and oxygen atoms in total. The monoisotopic (exact) mass is 268 g/mol. The third-order valence-corrected chi connectivity index (χ3v) is 5.01. The highest BCUT2D eigenvalue weighted by Crippen LogP contribution is 2.34. The van der Waals surface area contributed by atoms with E-state index in [0.717, 1.165) is 18.5 Å². The molecule has 0 amide bonds. The lowest BCUT2D eigenvalue weighted by molar-refractivity contribution is 0.0827. The molecule has 0 aromatic heterocycles. The van der Waals surface area contributed by atoms with Gasteiger partial charge in [0.2, 0.25) is 0 Å². The normalized spacial score (nSPS) is 21.8. The number of hydrogen-bond donors (Lipinski definition) is 1. The van der Waals surface area contributed by atoms with Crippen LogP contribution in [0.5, 0.6) is 0 Å². The molecule has 0 bridgehead atoms. The molecule has 1 unspecified atom stereocenters. The lowest BCUT2D eigenvalue weighted by Crippen LogP contribution is -2.43. The SMILES string of the molecule is CCC1(C)CCN(C(C)CCCNCC(C)C)CC1. The molecule has 0 aromatic carbocycles. The summed E-state index contributed by atoms with van der Waals surface area (Å²) in [5.41, 5.74) is 0.620. The van der Waals surface area contributed by atoms with Gasteiger partial charge < -0.3 is 10.2 Å². The smallest absolute Gasteiger partial charge is 0.00674 e.